The summed E-state index contributed by atoms with van der Waals surface area (Å²) in [6.45, 7) is 6.06. The van der Waals surface area contributed by atoms with Crippen molar-refractivity contribution < 1.29 is 19.4 Å². The Kier molecular flexibility index (Phi) is 5.04. The van der Waals surface area contributed by atoms with Crippen LogP contribution in [0.5, 0.6) is 5.75 Å². The topological polar surface area (TPSA) is 78.9 Å². The maximum absolute atomic E-state index is 12.2. The molecule has 6 nitrogen and oxygen atoms in total. The first-order chi connectivity index (χ1) is 10.7. The lowest BCUT2D eigenvalue weighted by atomic mass is 9.90. The molecule has 126 valence electrons. The van der Waals surface area contributed by atoms with E-state index in [0.717, 1.165) is 0 Å². The van der Waals surface area contributed by atoms with Crippen LogP contribution in [0.15, 0.2) is 18.2 Å². The van der Waals surface area contributed by atoms with E-state index in [4.69, 9.17) is 16.3 Å². The lowest BCUT2D eigenvalue weighted by molar-refractivity contribution is -0.146. The summed E-state index contributed by atoms with van der Waals surface area (Å²) in [4.78, 5) is 25.0. The van der Waals surface area contributed by atoms with Crippen LogP contribution in [0.1, 0.15) is 27.2 Å². The Bertz CT molecular complexity index is 620. The average Bonchev–Trinajstić information content (AvgIpc) is 2.86. The van der Waals surface area contributed by atoms with Crippen LogP contribution in [0.2, 0.25) is 5.02 Å². The van der Waals surface area contributed by atoms with Crippen LogP contribution in [0.4, 0.5) is 10.5 Å². The maximum Gasteiger partial charge on any atom is 0.321 e. The Morgan fingerprint density at radius 2 is 2.13 bits per heavy atom. The summed E-state index contributed by atoms with van der Waals surface area (Å²) in [7, 11) is 0. The normalized spacial score (nSPS) is 20.7. The average molecular weight is 341 g/mol. The number of carbonyl (C=O) groups excluding carboxylic acids is 1. The first-order valence-corrected chi connectivity index (χ1v) is 7.84. The number of carbonyl (C=O) groups is 2. The number of carboxylic acids is 1. The highest BCUT2D eigenvalue weighted by Gasteiger charge is 2.42. The van der Waals surface area contributed by atoms with Crippen molar-refractivity contribution in [3.63, 3.8) is 0 Å². The third-order valence-corrected chi connectivity index (χ3v) is 4.12. The minimum Gasteiger partial charge on any atom is -0.489 e. The van der Waals surface area contributed by atoms with Crippen molar-refractivity contribution >= 4 is 29.3 Å². The monoisotopic (exact) mass is 340 g/mol. The third-order valence-electron chi connectivity index (χ3n) is 3.82. The molecule has 1 atom stereocenters. The molecule has 1 saturated heterocycles. The molecule has 2 amide bonds. The van der Waals surface area contributed by atoms with Gasteiger partial charge in [0.15, 0.2) is 0 Å². The summed E-state index contributed by atoms with van der Waals surface area (Å²) < 4.78 is 5.54. The molecule has 0 bridgehead atoms. The summed E-state index contributed by atoms with van der Waals surface area (Å²) in [6, 6.07) is 4.68. The zero-order valence-corrected chi connectivity index (χ0v) is 14.2. The Hall–Kier alpha value is -1.95. The van der Waals surface area contributed by atoms with Crippen LogP contribution in [0, 0.1) is 5.41 Å². The number of rotatable bonds is 4. The molecule has 1 aromatic rings. The zero-order chi connectivity index (χ0) is 17.2. The molecule has 7 heteroatoms. The molecule has 2 N–H and O–H groups in total. The molecule has 1 fully saturated rings. The van der Waals surface area contributed by atoms with Crippen molar-refractivity contribution in [3.8, 4) is 5.75 Å². The number of hydrogen-bond donors (Lipinski definition) is 2. The molecule has 23 heavy (non-hydrogen) atoms. The molecule has 0 spiro atoms. The molecule has 0 aromatic heterocycles. The number of hydrogen-bond acceptors (Lipinski definition) is 3. The summed E-state index contributed by atoms with van der Waals surface area (Å²) >= 11 is 6.14. The molecule has 0 aliphatic carbocycles. The maximum atomic E-state index is 12.2. The van der Waals surface area contributed by atoms with Gasteiger partial charge < -0.3 is 20.1 Å². The predicted molar refractivity (Wildman–Crippen MR) is 88.2 cm³/mol. The highest BCUT2D eigenvalue weighted by molar-refractivity contribution is 6.32. The number of carboxylic acid groups (broad SMARTS) is 1. The van der Waals surface area contributed by atoms with Crippen LogP contribution < -0.4 is 10.1 Å². The number of ether oxygens (including phenoxy) is 1. The van der Waals surface area contributed by atoms with Gasteiger partial charge >= 0.3 is 12.0 Å². The summed E-state index contributed by atoms with van der Waals surface area (Å²) in [5.74, 6) is -0.328. The summed E-state index contributed by atoms with van der Waals surface area (Å²) in [5, 5.41) is 12.4. The lowest BCUT2D eigenvalue weighted by Crippen LogP contribution is -2.37. The molecule has 1 unspecified atom stereocenters. The summed E-state index contributed by atoms with van der Waals surface area (Å²) in [5.41, 5.74) is -0.343. The fourth-order valence-corrected chi connectivity index (χ4v) is 2.66. The second kappa shape index (κ2) is 6.66. The number of amides is 2. The minimum absolute atomic E-state index is 0.00577. The predicted octanol–water partition coefficient (Wildman–Crippen LogP) is 3.46. The molecular formula is C16H21ClN2O4. The Balaban J connectivity index is 2.01. The van der Waals surface area contributed by atoms with Gasteiger partial charge in [0.25, 0.3) is 0 Å². The molecule has 1 aliphatic rings. The Morgan fingerprint density at radius 3 is 2.65 bits per heavy atom. The van der Waals surface area contributed by atoms with E-state index in [1.54, 1.807) is 25.1 Å². The van der Waals surface area contributed by atoms with E-state index in [1.807, 2.05) is 13.8 Å². The fraction of sp³-hybridized carbons (Fsp3) is 0.500. The molecule has 2 rings (SSSR count). The molecule has 1 heterocycles. The van der Waals surface area contributed by atoms with Gasteiger partial charge in [0, 0.05) is 18.8 Å². The Labute approximate surface area is 140 Å². The largest absolute Gasteiger partial charge is 0.489 e. The van der Waals surface area contributed by atoms with Crippen LogP contribution in [-0.2, 0) is 4.79 Å². The number of halogens is 1. The van der Waals surface area contributed by atoms with E-state index in [9.17, 15) is 14.7 Å². The van der Waals surface area contributed by atoms with Gasteiger partial charge in [0.05, 0.1) is 16.5 Å². The second-order valence-electron chi connectivity index (χ2n) is 6.28. The van der Waals surface area contributed by atoms with E-state index in [2.05, 4.69) is 5.32 Å². The van der Waals surface area contributed by atoms with Crippen molar-refractivity contribution in [1.82, 2.24) is 4.90 Å². The SMILES string of the molecule is CC(C)Oc1ccc(NC(=O)N2CCC(C)(C(=O)O)C2)cc1Cl. The van der Waals surface area contributed by atoms with Crippen molar-refractivity contribution in [2.75, 3.05) is 18.4 Å². The highest BCUT2D eigenvalue weighted by atomic mass is 35.5. The van der Waals surface area contributed by atoms with Crippen LogP contribution >= 0.6 is 11.6 Å². The minimum atomic E-state index is -0.885. The van der Waals surface area contributed by atoms with Gasteiger partial charge in [0.2, 0.25) is 0 Å². The van der Waals surface area contributed by atoms with Gasteiger partial charge in [-0.05, 0) is 45.4 Å². The lowest BCUT2D eigenvalue weighted by Gasteiger charge is -2.20. The van der Waals surface area contributed by atoms with Crippen molar-refractivity contribution in [2.45, 2.75) is 33.3 Å². The first-order valence-electron chi connectivity index (χ1n) is 7.47. The highest BCUT2D eigenvalue weighted by Crippen LogP contribution is 2.31. The van der Waals surface area contributed by atoms with Gasteiger partial charge in [-0.1, -0.05) is 11.6 Å². The van der Waals surface area contributed by atoms with E-state index in [-0.39, 0.29) is 18.7 Å². The molecule has 0 saturated carbocycles. The fourth-order valence-electron chi connectivity index (χ4n) is 2.44. The van der Waals surface area contributed by atoms with E-state index in [0.29, 0.717) is 29.4 Å². The van der Waals surface area contributed by atoms with Crippen molar-refractivity contribution in [2.24, 2.45) is 5.41 Å². The quantitative estimate of drug-likeness (QED) is 0.879. The molecule has 1 aromatic carbocycles. The second-order valence-corrected chi connectivity index (χ2v) is 6.69. The number of aliphatic carboxylic acids is 1. The van der Waals surface area contributed by atoms with E-state index in [1.165, 1.54) is 4.90 Å². The molecule has 0 radical (unpaired) electrons. The number of benzene rings is 1. The third kappa shape index (κ3) is 4.07. The van der Waals surface area contributed by atoms with E-state index < -0.39 is 11.4 Å². The molecular weight excluding hydrogens is 320 g/mol. The van der Waals surface area contributed by atoms with Crippen LogP contribution in [0.25, 0.3) is 0 Å². The number of anilines is 1. The van der Waals surface area contributed by atoms with Gasteiger partial charge in [0.1, 0.15) is 5.75 Å². The molecule has 1 aliphatic heterocycles. The van der Waals surface area contributed by atoms with Gasteiger partial charge in [-0.15, -0.1) is 0 Å². The Morgan fingerprint density at radius 1 is 1.43 bits per heavy atom. The van der Waals surface area contributed by atoms with E-state index >= 15 is 0 Å². The van der Waals surface area contributed by atoms with Crippen LogP contribution in [-0.4, -0.2) is 41.2 Å². The number of nitrogens with one attached hydrogen (secondary N) is 1. The zero-order valence-electron chi connectivity index (χ0n) is 13.4. The standard InChI is InChI=1S/C16H21ClN2O4/c1-10(2)23-13-5-4-11(8-12(13)17)18-15(22)19-7-6-16(3,9-19)14(20)21/h4-5,8,10H,6-7,9H2,1-3H3,(H,18,22)(H,20,21). The number of likely N-dealkylation sites (tertiary alicyclic amines) is 1. The summed E-state index contributed by atoms with van der Waals surface area (Å²) in [6.07, 6.45) is 0.448. The van der Waals surface area contributed by atoms with Gasteiger partial charge in [-0.25, -0.2) is 4.79 Å². The van der Waals surface area contributed by atoms with Crippen molar-refractivity contribution in [3.05, 3.63) is 23.2 Å². The number of nitrogens with zero attached hydrogens (tertiary/aromatic N) is 1. The smallest absolute Gasteiger partial charge is 0.321 e. The van der Waals surface area contributed by atoms with Crippen LogP contribution in [0.3, 0.4) is 0 Å². The first kappa shape index (κ1) is 17.4. The van der Waals surface area contributed by atoms with Crippen molar-refractivity contribution in [1.29, 1.82) is 0 Å². The van der Waals surface area contributed by atoms with Gasteiger partial charge in [-0.3, -0.25) is 4.79 Å². The van der Waals surface area contributed by atoms with Gasteiger partial charge in [-0.2, -0.15) is 0 Å². The number of urea groups is 1.